The predicted octanol–water partition coefficient (Wildman–Crippen LogP) is 1.22. The van der Waals surface area contributed by atoms with Gasteiger partial charge in [0.15, 0.2) is 0 Å². The lowest BCUT2D eigenvalue weighted by molar-refractivity contribution is -0.156. The molecule has 2 heterocycles. The van der Waals surface area contributed by atoms with Crippen molar-refractivity contribution >= 4 is 11.8 Å². The second-order valence-electron chi connectivity index (χ2n) is 6.40. The molecule has 3 fully saturated rings. The van der Waals surface area contributed by atoms with Crippen LogP contribution in [0.5, 0.6) is 0 Å². The molecule has 1 aliphatic carbocycles. The first-order valence-electron chi connectivity index (χ1n) is 7.87. The van der Waals surface area contributed by atoms with Crippen LogP contribution >= 0.6 is 0 Å². The minimum atomic E-state index is -0.613. The molecule has 0 aromatic rings. The molecule has 0 bridgehead atoms. The van der Waals surface area contributed by atoms with Crippen molar-refractivity contribution in [2.45, 2.75) is 69.6 Å². The van der Waals surface area contributed by atoms with Gasteiger partial charge in [-0.1, -0.05) is 12.8 Å². The van der Waals surface area contributed by atoms with Crippen LogP contribution in [0.1, 0.15) is 51.9 Å². The van der Waals surface area contributed by atoms with Crippen molar-refractivity contribution < 1.29 is 14.3 Å². The summed E-state index contributed by atoms with van der Waals surface area (Å²) in [6, 6.07) is -0.376. The van der Waals surface area contributed by atoms with Crippen molar-refractivity contribution in [3.05, 3.63) is 0 Å². The van der Waals surface area contributed by atoms with Gasteiger partial charge in [-0.05, 0) is 39.0 Å². The Hall–Kier alpha value is -1.10. The van der Waals surface area contributed by atoms with Gasteiger partial charge in [0.05, 0.1) is 6.10 Å². The fourth-order valence-electron chi connectivity index (χ4n) is 3.72. The first-order valence-corrected chi connectivity index (χ1v) is 7.87. The largest absolute Gasteiger partial charge is 0.376 e. The standard InChI is InChI=1S/C15H24N2O3/c1-11-13(18)16-15(7-3-4-8-15)14(19)17(11)10-12-6-2-5-9-20-12/h11-12H,2-10H2,1H3,(H,16,18). The molecule has 5 heteroatoms. The van der Waals surface area contributed by atoms with Crippen LogP contribution in [0.4, 0.5) is 0 Å². The van der Waals surface area contributed by atoms with Crippen molar-refractivity contribution in [1.29, 1.82) is 0 Å². The molecule has 1 saturated carbocycles. The van der Waals surface area contributed by atoms with Crippen molar-refractivity contribution in [3.63, 3.8) is 0 Å². The number of piperazine rings is 1. The Morgan fingerprint density at radius 3 is 2.65 bits per heavy atom. The van der Waals surface area contributed by atoms with E-state index in [0.717, 1.165) is 51.6 Å². The topological polar surface area (TPSA) is 58.6 Å². The molecule has 0 aromatic heterocycles. The Balaban J connectivity index is 1.75. The number of carbonyl (C=O) groups excluding carboxylic acids is 2. The highest BCUT2D eigenvalue weighted by atomic mass is 16.5. The van der Waals surface area contributed by atoms with Crippen molar-refractivity contribution in [1.82, 2.24) is 10.2 Å². The van der Waals surface area contributed by atoms with E-state index in [1.165, 1.54) is 0 Å². The lowest BCUT2D eigenvalue weighted by Crippen LogP contribution is -2.69. The molecule has 5 nitrogen and oxygen atoms in total. The van der Waals surface area contributed by atoms with Gasteiger partial charge in [-0.15, -0.1) is 0 Å². The molecule has 0 aromatic carbocycles. The monoisotopic (exact) mass is 280 g/mol. The van der Waals surface area contributed by atoms with Gasteiger partial charge in [0, 0.05) is 13.2 Å². The van der Waals surface area contributed by atoms with E-state index in [1.54, 1.807) is 4.90 Å². The molecule has 2 unspecified atom stereocenters. The van der Waals surface area contributed by atoms with E-state index in [1.807, 2.05) is 6.92 Å². The maximum absolute atomic E-state index is 12.8. The molecule has 112 valence electrons. The van der Waals surface area contributed by atoms with Gasteiger partial charge in [0.25, 0.3) is 0 Å². The number of nitrogens with zero attached hydrogens (tertiary/aromatic N) is 1. The van der Waals surface area contributed by atoms with E-state index < -0.39 is 5.54 Å². The summed E-state index contributed by atoms with van der Waals surface area (Å²) in [4.78, 5) is 26.8. The molecule has 1 N–H and O–H groups in total. The second kappa shape index (κ2) is 5.35. The molecule has 20 heavy (non-hydrogen) atoms. The lowest BCUT2D eigenvalue weighted by Gasteiger charge is -2.44. The van der Waals surface area contributed by atoms with Crippen LogP contribution in [-0.2, 0) is 14.3 Å². The molecule has 2 atom stereocenters. The smallest absolute Gasteiger partial charge is 0.249 e. The third-order valence-corrected chi connectivity index (χ3v) is 5.01. The highest BCUT2D eigenvalue weighted by Gasteiger charge is 2.51. The number of nitrogens with one attached hydrogen (secondary N) is 1. The minimum absolute atomic E-state index is 0.0118. The van der Waals surface area contributed by atoms with Crippen LogP contribution in [-0.4, -0.2) is 47.6 Å². The SMILES string of the molecule is CC1C(=O)NC2(CCCC2)C(=O)N1CC1CCCCO1. The van der Waals surface area contributed by atoms with Crippen LogP contribution < -0.4 is 5.32 Å². The third-order valence-electron chi connectivity index (χ3n) is 5.01. The van der Waals surface area contributed by atoms with Gasteiger partial charge in [-0.2, -0.15) is 0 Å². The van der Waals surface area contributed by atoms with Gasteiger partial charge < -0.3 is 15.0 Å². The summed E-state index contributed by atoms with van der Waals surface area (Å²) in [5.74, 6) is 0.0959. The van der Waals surface area contributed by atoms with Crippen molar-refractivity contribution in [3.8, 4) is 0 Å². The first-order chi connectivity index (χ1) is 9.62. The molecule has 0 radical (unpaired) electrons. The second-order valence-corrected chi connectivity index (χ2v) is 6.40. The van der Waals surface area contributed by atoms with Gasteiger partial charge in [0.1, 0.15) is 11.6 Å². The molecule has 3 aliphatic rings. The van der Waals surface area contributed by atoms with E-state index in [-0.39, 0.29) is 24.0 Å². The quantitative estimate of drug-likeness (QED) is 0.827. The maximum Gasteiger partial charge on any atom is 0.249 e. The Kier molecular flexibility index (Phi) is 3.71. The van der Waals surface area contributed by atoms with Gasteiger partial charge in [-0.25, -0.2) is 0 Å². The summed E-state index contributed by atoms with van der Waals surface area (Å²) in [6.07, 6.45) is 6.95. The normalized spacial score (nSPS) is 33.5. The molecule has 2 aliphatic heterocycles. The number of amides is 2. The number of rotatable bonds is 2. The molecular formula is C15H24N2O3. The van der Waals surface area contributed by atoms with Gasteiger partial charge in [-0.3, -0.25) is 9.59 Å². The van der Waals surface area contributed by atoms with Crippen LogP contribution in [0.3, 0.4) is 0 Å². The third kappa shape index (κ3) is 2.32. The average Bonchev–Trinajstić information content (AvgIpc) is 2.92. The molecular weight excluding hydrogens is 256 g/mol. The highest BCUT2D eigenvalue weighted by molar-refractivity contribution is 5.99. The average molecular weight is 280 g/mol. The molecule has 2 saturated heterocycles. The Labute approximate surface area is 120 Å². The summed E-state index contributed by atoms with van der Waals surface area (Å²) < 4.78 is 5.74. The maximum atomic E-state index is 12.8. The zero-order valence-electron chi connectivity index (χ0n) is 12.2. The van der Waals surface area contributed by atoms with Crippen LogP contribution in [0.2, 0.25) is 0 Å². The summed E-state index contributed by atoms with van der Waals surface area (Å²) in [7, 11) is 0. The summed E-state index contributed by atoms with van der Waals surface area (Å²) >= 11 is 0. The fourth-order valence-corrected chi connectivity index (χ4v) is 3.72. The number of hydrogen-bond acceptors (Lipinski definition) is 3. The molecule has 3 rings (SSSR count). The van der Waals surface area contributed by atoms with E-state index in [0.29, 0.717) is 6.54 Å². The van der Waals surface area contributed by atoms with E-state index in [9.17, 15) is 9.59 Å². The summed E-state index contributed by atoms with van der Waals surface area (Å²) in [5, 5.41) is 2.99. The Morgan fingerprint density at radius 2 is 2.00 bits per heavy atom. The van der Waals surface area contributed by atoms with Crippen molar-refractivity contribution in [2.75, 3.05) is 13.2 Å². The fraction of sp³-hybridized carbons (Fsp3) is 0.867. The molecule has 2 amide bonds. The van der Waals surface area contributed by atoms with Gasteiger partial charge >= 0.3 is 0 Å². The van der Waals surface area contributed by atoms with Crippen LogP contribution in [0.15, 0.2) is 0 Å². The van der Waals surface area contributed by atoms with E-state index in [4.69, 9.17) is 4.74 Å². The van der Waals surface area contributed by atoms with E-state index >= 15 is 0 Å². The zero-order chi connectivity index (χ0) is 14.2. The summed E-state index contributed by atoms with van der Waals surface area (Å²) in [5.41, 5.74) is -0.613. The Morgan fingerprint density at radius 1 is 1.25 bits per heavy atom. The zero-order valence-corrected chi connectivity index (χ0v) is 12.2. The van der Waals surface area contributed by atoms with Gasteiger partial charge in [0.2, 0.25) is 11.8 Å². The predicted molar refractivity (Wildman–Crippen MR) is 74.1 cm³/mol. The number of ether oxygens (including phenoxy) is 1. The highest BCUT2D eigenvalue weighted by Crippen LogP contribution is 2.35. The first kappa shape index (κ1) is 13.9. The molecule has 1 spiro atoms. The Bertz CT molecular complexity index is 398. The number of carbonyl (C=O) groups is 2. The van der Waals surface area contributed by atoms with Crippen LogP contribution in [0.25, 0.3) is 0 Å². The minimum Gasteiger partial charge on any atom is -0.376 e. The van der Waals surface area contributed by atoms with E-state index in [2.05, 4.69) is 5.32 Å². The lowest BCUT2D eigenvalue weighted by atomic mass is 9.90. The summed E-state index contributed by atoms with van der Waals surface area (Å²) in [6.45, 7) is 3.16. The number of hydrogen-bond donors (Lipinski definition) is 1. The van der Waals surface area contributed by atoms with Crippen molar-refractivity contribution in [2.24, 2.45) is 0 Å². The van der Waals surface area contributed by atoms with Crippen LogP contribution in [0, 0.1) is 0 Å².